The first kappa shape index (κ1) is 14.8. The average Bonchev–Trinajstić information content (AvgIpc) is 2.62. The van der Waals surface area contributed by atoms with E-state index in [9.17, 15) is 4.21 Å². The minimum Gasteiger partial charge on any atom is -0.248 e. The van der Waals surface area contributed by atoms with Gasteiger partial charge < -0.3 is 0 Å². The van der Waals surface area contributed by atoms with Crippen LogP contribution >= 0.6 is 11.3 Å². The van der Waals surface area contributed by atoms with Crippen molar-refractivity contribution in [2.24, 2.45) is 5.41 Å². The van der Waals surface area contributed by atoms with Crippen LogP contribution < -0.4 is 4.72 Å². The Morgan fingerprint density at radius 2 is 1.88 bits per heavy atom. The molecule has 0 bridgehead atoms. The third kappa shape index (κ3) is 4.16. The first-order valence-electron chi connectivity index (χ1n) is 5.70. The molecule has 0 aliphatic rings. The van der Waals surface area contributed by atoms with Crippen molar-refractivity contribution < 1.29 is 4.21 Å². The van der Waals surface area contributed by atoms with Gasteiger partial charge in [0.1, 0.15) is 5.01 Å². The molecule has 0 aliphatic carbocycles. The van der Waals surface area contributed by atoms with Crippen LogP contribution in [-0.4, -0.2) is 13.9 Å². The molecule has 98 valence electrons. The first-order chi connectivity index (χ1) is 7.62. The summed E-state index contributed by atoms with van der Waals surface area (Å²) in [6.07, 6.45) is 1.79. The predicted molar refractivity (Wildman–Crippen MR) is 75.3 cm³/mol. The largest absolute Gasteiger partial charge is 0.248 e. The van der Waals surface area contributed by atoms with Gasteiger partial charge in [-0.05, 0) is 26.2 Å². The van der Waals surface area contributed by atoms with Crippen molar-refractivity contribution >= 4 is 22.3 Å². The number of hydrogen-bond acceptors (Lipinski definition) is 3. The lowest BCUT2D eigenvalue weighted by Crippen LogP contribution is -2.40. The Labute approximate surface area is 111 Å². The van der Waals surface area contributed by atoms with E-state index in [0.29, 0.717) is 0 Å². The second kappa shape index (κ2) is 5.16. The average molecular weight is 274 g/mol. The maximum atomic E-state index is 12.2. The van der Waals surface area contributed by atoms with Gasteiger partial charge in [-0.3, -0.25) is 0 Å². The normalized spacial score (nSPS) is 16.8. The predicted octanol–water partition coefficient (Wildman–Crippen LogP) is 3.28. The van der Waals surface area contributed by atoms with Gasteiger partial charge in [0.2, 0.25) is 0 Å². The SMILES string of the molecule is CC(C)(C)C(NS(=O)C(C)(C)C)c1nccs1. The van der Waals surface area contributed by atoms with E-state index in [1.54, 1.807) is 17.5 Å². The molecule has 1 heterocycles. The molecule has 17 heavy (non-hydrogen) atoms. The number of hydrogen-bond donors (Lipinski definition) is 1. The molecule has 0 radical (unpaired) electrons. The molecule has 1 aromatic heterocycles. The van der Waals surface area contributed by atoms with Crippen molar-refractivity contribution in [1.29, 1.82) is 0 Å². The van der Waals surface area contributed by atoms with E-state index >= 15 is 0 Å². The van der Waals surface area contributed by atoms with E-state index in [2.05, 4.69) is 30.5 Å². The highest BCUT2D eigenvalue weighted by atomic mass is 32.2. The Kier molecular flexibility index (Phi) is 4.49. The summed E-state index contributed by atoms with van der Waals surface area (Å²) in [5.74, 6) is 0. The molecule has 0 amide bonds. The molecular formula is C12H22N2OS2. The highest BCUT2D eigenvalue weighted by Crippen LogP contribution is 2.34. The van der Waals surface area contributed by atoms with Crippen LogP contribution in [-0.2, 0) is 11.0 Å². The minimum absolute atomic E-state index is 0.0151. The Balaban J connectivity index is 2.92. The number of rotatable bonds is 3. The van der Waals surface area contributed by atoms with Gasteiger partial charge in [0.25, 0.3) is 0 Å². The first-order valence-corrected chi connectivity index (χ1v) is 7.73. The molecule has 2 unspecified atom stereocenters. The molecule has 0 fully saturated rings. The van der Waals surface area contributed by atoms with Gasteiger partial charge in [-0.15, -0.1) is 11.3 Å². The van der Waals surface area contributed by atoms with Crippen LogP contribution in [0.5, 0.6) is 0 Å². The van der Waals surface area contributed by atoms with Crippen LogP contribution in [0.4, 0.5) is 0 Å². The monoisotopic (exact) mass is 274 g/mol. The fourth-order valence-electron chi connectivity index (χ4n) is 1.26. The lowest BCUT2D eigenvalue weighted by Gasteiger charge is -2.32. The number of aromatic nitrogens is 1. The maximum absolute atomic E-state index is 12.2. The summed E-state index contributed by atoms with van der Waals surface area (Å²) < 4.78 is 15.1. The molecule has 0 aromatic carbocycles. The third-order valence-corrected chi connectivity index (χ3v) is 4.75. The Morgan fingerprint density at radius 3 is 2.24 bits per heavy atom. The zero-order valence-corrected chi connectivity index (χ0v) is 13.0. The molecule has 0 spiro atoms. The van der Waals surface area contributed by atoms with Gasteiger partial charge in [-0.25, -0.2) is 13.9 Å². The van der Waals surface area contributed by atoms with Crippen molar-refractivity contribution in [3.05, 3.63) is 16.6 Å². The minimum atomic E-state index is -1.08. The van der Waals surface area contributed by atoms with Gasteiger partial charge in [-0.1, -0.05) is 20.8 Å². The summed E-state index contributed by atoms with van der Waals surface area (Å²) in [5, 5.41) is 2.95. The molecule has 1 N–H and O–H groups in total. The van der Waals surface area contributed by atoms with Gasteiger partial charge in [0, 0.05) is 11.6 Å². The van der Waals surface area contributed by atoms with Gasteiger partial charge in [0.15, 0.2) is 0 Å². The zero-order chi connectivity index (χ0) is 13.3. The number of nitrogens with zero attached hydrogens (tertiary/aromatic N) is 1. The topological polar surface area (TPSA) is 42.0 Å². The van der Waals surface area contributed by atoms with E-state index < -0.39 is 11.0 Å². The quantitative estimate of drug-likeness (QED) is 0.919. The van der Waals surface area contributed by atoms with Crippen molar-refractivity contribution in [1.82, 2.24) is 9.71 Å². The summed E-state index contributed by atoms with van der Waals surface area (Å²) in [5.41, 5.74) is -0.0151. The smallest absolute Gasteiger partial charge is 0.111 e. The third-order valence-electron chi connectivity index (χ3n) is 2.35. The van der Waals surface area contributed by atoms with Crippen molar-refractivity contribution in [3.8, 4) is 0 Å². The van der Waals surface area contributed by atoms with Crippen molar-refractivity contribution in [2.75, 3.05) is 0 Å². The highest BCUT2D eigenvalue weighted by Gasteiger charge is 2.32. The molecule has 1 aromatic rings. The molecular weight excluding hydrogens is 252 g/mol. The standard InChI is InChI=1S/C12H22N2OS2/c1-11(2,3)9(10-13-7-8-16-10)14-17(15)12(4,5)6/h7-9,14H,1-6H3. The number of nitrogens with one attached hydrogen (secondary N) is 1. The highest BCUT2D eigenvalue weighted by molar-refractivity contribution is 7.84. The van der Waals surface area contributed by atoms with E-state index in [1.165, 1.54) is 0 Å². The fourth-order valence-corrected chi connectivity index (χ4v) is 3.30. The van der Waals surface area contributed by atoms with Crippen LogP contribution in [0.2, 0.25) is 0 Å². The van der Waals surface area contributed by atoms with Crippen LogP contribution in [0.25, 0.3) is 0 Å². The summed E-state index contributed by atoms with van der Waals surface area (Å²) in [7, 11) is -1.08. The fraction of sp³-hybridized carbons (Fsp3) is 0.750. The Bertz CT molecular complexity index is 374. The summed E-state index contributed by atoms with van der Waals surface area (Å²) in [6, 6.07) is 0.0163. The lowest BCUT2D eigenvalue weighted by molar-refractivity contribution is 0.306. The van der Waals surface area contributed by atoms with Gasteiger partial charge >= 0.3 is 0 Å². The Hall–Kier alpha value is -0.260. The molecule has 0 saturated heterocycles. The van der Waals surface area contributed by atoms with Crippen LogP contribution in [0.1, 0.15) is 52.6 Å². The molecule has 3 nitrogen and oxygen atoms in total. The van der Waals surface area contributed by atoms with E-state index in [4.69, 9.17) is 0 Å². The van der Waals surface area contributed by atoms with E-state index in [1.807, 2.05) is 26.2 Å². The second-order valence-electron chi connectivity index (χ2n) is 6.17. The van der Waals surface area contributed by atoms with E-state index in [0.717, 1.165) is 5.01 Å². The summed E-state index contributed by atoms with van der Waals surface area (Å²) >= 11 is 1.60. The van der Waals surface area contributed by atoms with Crippen LogP contribution in [0.3, 0.4) is 0 Å². The van der Waals surface area contributed by atoms with Gasteiger partial charge in [0.05, 0.1) is 21.8 Å². The van der Waals surface area contributed by atoms with Crippen molar-refractivity contribution in [3.63, 3.8) is 0 Å². The molecule has 0 saturated carbocycles. The second-order valence-corrected chi connectivity index (χ2v) is 9.09. The lowest BCUT2D eigenvalue weighted by atomic mass is 9.88. The summed E-state index contributed by atoms with van der Waals surface area (Å²) in [4.78, 5) is 4.34. The maximum Gasteiger partial charge on any atom is 0.111 e. The molecule has 2 atom stereocenters. The Morgan fingerprint density at radius 1 is 1.29 bits per heavy atom. The number of thiazole rings is 1. The van der Waals surface area contributed by atoms with Crippen LogP contribution in [0, 0.1) is 5.41 Å². The molecule has 0 aliphatic heterocycles. The summed E-state index contributed by atoms with van der Waals surface area (Å²) in [6.45, 7) is 12.3. The van der Waals surface area contributed by atoms with Crippen LogP contribution in [0.15, 0.2) is 11.6 Å². The molecule has 1 rings (SSSR count). The molecule has 5 heteroatoms. The van der Waals surface area contributed by atoms with Gasteiger partial charge in [-0.2, -0.15) is 0 Å². The van der Waals surface area contributed by atoms with Crippen molar-refractivity contribution in [2.45, 2.75) is 52.3 Å². The zero-order valence-electron chi connectivity index (χ0n) is 11.4. The van der Waals surface area contributed by atoms with E-state index in [-0.39, 0.29) is 16.2 Å².